The molecule has 0 aliphatic carbocycles. The van der Waals surface area contributed by atoms with Gasteiger partial charge in [-0.25, -0.2) is 0 Å². The minimum Gasteiger partial charge on any atom is -0.354 e. The van der Waals surface area contributed by atoms with Gasteiger partial charge in [0.25, 0.3) is 0 Å². The quantitative estimate of drug-likeness (QED) is 0.695. The first-order valence-corrected chi connectivity index (χ1v) is 5.87. The van der Waals surface area contributed by atoms with E-state index < -0.39 is 6.04 Å². The Bertz CT molecular complexity index is 268. The van der Waals surface area contributed by atoms with E-state index in [1.165, 1.54) is 0 Å². The highest BCUT2D eigenvalue weighted by Gasteiger charge is 2.27. The van der Waals surface area contributed by atoms with E-state index >= 15 is 0 Å². The summed E-state index contributed by atoms with van der Waals surface area (Å²) in [5.74, 6) is -0.0487. The van der Waals surface area contributed by atoms with Crippen molar-refractivity contribution in [2.24, 2.45) is 11.7 Å². The van der Waals surface area contributed by atoms with Gasteiger partial charge in [-0.1, -0.05) is 20.3 Å². The van der Waals surface area contributed by atoms with Gasteiger partial charge in [0, 0.05) is 13.1 Å². The van der Waals surface area contributed by atoms with E-state index in [1.54, 1.807) is 4.90 Å². The Morgan fingerprint density at radius 3 is 2.94 bits per heavy atom. The van der Waals surface area contributed by atoms with E-state index in [-0.39, 0.29) is 24.3 Å². The third-order valence-electron chi connectivity index (χ3n) is 3.12. The Kier molecular flexibility index (Phi) is 4.73. The standard InChI is InChI=1S/C11H21N3O2/c1-3-8(2)10(12)11(16)14-6-4-5-13-9(15)7-14/h8,10H,3-7,12H2,1-2H3,(H,13,15)/t8?,10-/m0/s1. The molecule has 1 rings (SSSR count). The maximum Gasteiger partial charge on any atom is 0.240 e. The molecule has 0 bridgehead atoms. The maximum atomic E-state index is 12.0. The van der Waals surface area contributed by atoms with E-state index in [0.29, 0.717) is 13.1 Å². The van der Waals surface area contributed by atoms with Gasteiger partial charge in [0.2, 0.25) is 11.8 Å². The molecule has 1 aliphatic heterocycles. The SMILES string of the molecule is CCC(C)[C@H](N)C(=O)N1CCCNC(=O)C1. The third kappa shape index (κ3) is 3.20. The van der Waals surface area contributed by atoms with Crippen molar-refractivity contribution >= 4 is 11.8 Å². The number of hydrogen-bond acceptors (Lipinski definition) is 3. The van der Waals surface area contributed by atoms with E-state index in [1.807, 2.05) is 13.8 Å². The Morgan fingerprint density at radius 2 is 2.31 bits per heavy atom. The maximum absolute atomic E-state index is 12.0. The number of hydrogen-bond donors (Lipinski definition) is 2. The Morgan fingerprint density at radius 1 is 1.62 bits per heavy atom. The van der Waals surface area contributed by atoms with E-state index in [0.717, 1.165) is 12.8 Å². The first kappa shape index (κ1) is 13.0. The topological polar surface area (TPSA) is 75.4 Å². The summed E-state index contributed by atoms with van der Waals surface area (Å²) in [6.45, 7) is 5.36. The van der Waals surface area contributed by atoms with Gasteiger partial charge in [-0.05, 0) is 12.3 Å². The summed E-state index contributed by atoms with van der Waals surface area (Å²) >= 11 is 0. The van der Waals surface area contributed by atoms with Gasteiger partial charge in [-0.2, -0.15) is 0 Å². The van der Waals surface area contributed by atoms with E-state index in [9.17, 15) is 9.59 Å². The molecule has 0 radical (unpaired) electrons. The van der Waals surface area contributed by atoms with Gasteiger partial charge in [-0.15, -0.1) is 0 Å². The van der Waals surface area contributed by atoms with Crippen LogP contribution in [0.25, 0.3) is 0 Å². The van der Waals surface area contributed by atoms with E-state index in [4.69, 9.17) is 5.73 Å². The Hall–Kier alpha value is -1.10. The van der Waals surface area contributed by atoms with Crippen molar-refractivity contribution in [2.75, 3.05) is 19.6 Å². The first-order chi connectivity index (χ1) is 7.56. The molecule has 2 amide bonds. The predicted octanol–water partition coefficient (Wildman–Crippen LogP) is -0.292. The second kappa shape index (κ2) is 5.84. The van der Waals surface area contributed by atoms with Crippen LogP contribution < -0.4 is 11.1 Å². The second-order valence-electron chi connectivity index (χ2n) is 4.37. The van der Waals surface area contributed by atoms with Crippen LogP contribution in [-0.4, -0.2) is 42.4 Å². The highest BCUT2D eigenvalue weighted by atomic mass is 16.2. The van der Waals surface area contributed by atoms with Crippen LogP contribution in [0.15, 0.2) is 0 Å². The second-order valence-corrected chi connectivity index (χ2v) is 4.37. The number of amides is 2. The molecule has 0 aromatic heterocycles. The van der Waals surface area contributed by atoms with Gasteiger partial charge in [-0.3, -0.25) is 9.59 Å². The Labute approximate surface area is 96.4 Å². The van der Waals surface area contributed by atoms with Crippen molar-refractivity contribution < 1.29 is 9.59 Å². The van der Waals surface area contributed by atoms with Crippen LogP contribution in [0, 0.1) is 5.92 Å². The average molecular weight is 227 g/mol. The van der Waals surface area contributed by atoms with Crippen LogP contribution >= 0.6 is 0 Å². The molecule has 5 heteroatoms. The number of nitrogens with zero attached hydrogens (tertiary/aromatic N) is 1. The van der Waals surface area contributed by atoms with Crippen LogP contribution in [0.2, 0.25) is 0 Å². The van der Waals surface area contributed by atoms with Crippen molar-refractivity contribution in [3.05, 3.63) is 0 Å². The molecule has 1 aliphatic rings. The van der Waals surface area contributed by atoms with E-state index in [2.05, 4.69) is 5.32 Å². The first-order valence-electron chi connectivity index (χ1n) is 5.87. The summed E-state index contributed by atoms with van der Waals surface area (Å²) in [7, 11) is 0. The monoisotopic (exact) mass is 227 g/mol. The predicted molar refractivity (Wildman–Crippen MR) is 61.6 cm³/mol. The summed E-state index contributed by atoms with van der Waals surface area (Å²) < 4.78 is 0. The van der Waals surface area contributed by atoms with Gasteiger partial charge in [0.15, 0.2) is 0 Å². The lowest BCUT2D eigenvalue weighted by molar-refractivity contribution is -0.137. The molecular weight excluding hydrogens is 206 g/mol. The molecule has 1 heterocycles. The minimum atomic E-state index is -0.490. The average Bonchev–Trinajstić information content (AvgIpc) is 2.50. The van der Waals surface area contributed by atoms with Crippen LogP contribution in [0.1, 0.15) is 26.7 Å². The zero-order valence-electron chi connectivity index (χ0n) is 10.0. The number of nitrogens with two attached hydrogens (primary N) is 1. The summed E-state index contributed by atoms with van der Waals surface area (Å²) in [6, 6.07) is -0.490. The lowest BCUT2D eigenvalue weighted by atomic mass is 9.99. The van der Waals surface area contributed by atoms with Gasteiger partial charge in [0.1, 0.15) is 0 Å². The van der Waals surface area contributed by atoms with Crippen molar-refractivity contribution in [1.29, 1.82) is 0 Å². The van der Waals surface area contributed by atoms with Crippen molar-refractivity contribution in [2.45, 2.75) is 32.7 Å². The van der Waals surface area contributed by atoms with Gasteiger partial charge < -0.3 is 16.0 Å². The minimum absolute atomic E-state index is 0.0952. The largest absolute Gasteiger partial charge is 0.354 e. The van der Waals surface area contributed by atoms with Crippen molar-refractivity contribution in [3.8, 4) is 0 Å². The molecule has 5 nitrogen and oxygen atoms in total. The molecule has 92 valence electrons. The Balaban J connectivity index is 2.60. The van der Waals surface area contributed by atoms with Crippen LogP contribution in [0.4, 0.5) is 0 Å². The third-order valence-corrected chi connectivity index (χ3v) is 3.12. The van der Waals surface area contributed by atoms with Crippen LogP contribution in [0.3, 0.4) is 0 Å². The normalized spacial score (nSPS) is 20.9. The molecule has 1 unspecified atom stereocenters. The molecule has 0 aromatic rings. The fourth-order valence-electron chi connectivity index (χ4n) is 1.70. The van der Waals surface area contributed by atoms with Crippen LogP contribution in [0.5, 0.6) is 0 Å². The lowest BCUT2D eigenvalue weighted by Crippen LogP contribution is -2.49. The smallest absolute Gasteiger partial charge is 0.240 e. The number of carbonyl (C=O) groups excluding carboxylic acids is 2. The molecule has 2 atom stereocenters. The lowest BCUT2D eigenvalue weighted by Gasteiger charge is -2.25. The summed E-state index contributed by atoms with van der Waals surface area (Å²) in [4.78, 5) is 24.9. The zero-order valence-corrected chi connectivity index (χ0v) is 10.0. The molecule has 3 N–H and O–H groups in total. The molecular formula is C11H21N3O2. The molecule has 0 spiro atoms. The van der Waals surface area contributed by atoms with Gasteiger partial charge >= 0.3 is 0 Å². The summed E-state index contributed by atoms with van der Waals surface area (Å²) in [5.41, 5.74) is 5.88. The number of rotatable bonds is 3. The van der Waals surface area contributed by atoms with Crippen molar-refractivity contribution in [1.82, 2.24) is 10.2 Å². The molecule has 0 saturated carbocycles. The molecule has 1 fully saturated rings. The fraction of sp³-hybridized carbons (Fsp3) is 0.818. The molecule has 1 saturated heterocycles. The molecule has 0 aromatic carbocycles. The summed E-state index contributed by atoms with van der Waals surface area (Å²) in [5, 5.41) is 2.74. The van der Waals surface area contributed by atoms with Crippen LogP contribution in [-0.2, 0) is 9.59 Å². The number of carbonyl (C=O) groups is 2. The molecule has 16 heavy (non-hydrogen) atoms. The highest BCUT2D eigenvalue weighted by molar-refractivity contribution is 5.87. The highest BCUT2D eigenvalue weighted by Crippen LogP contribution is 2.09. The van der Waals surface area contributed by atoms with Crippen molar-refractivity contribution in [3.63, 3.8) is 0 Å². The number of nitrogens with one attached hydrogen (secondary N) is 1. The zero-order chi connectivity index (χ0) is 12.1. The fourth-order valence-corrected chi connectivity index (χ4v) is 1.70. The summed E-state index contributed by atoms with van der Waals surface area (Å²) in [6.07, 6.45) is 1.66. The van der Waals surface area contributed by atoms with Gasteiger partial charge in [0.05, 0.1) is 12.6 Å².